The van der Waals surface area contributed by atoms with E-state index >= 15 is 0 Å². The first-order valence-corrected chi connectivity index (χ1v) is 8.18. The maximum absolute atomic E-state index is 11.5. The molecule has 0 aliphatic rings. The second-order valence-corrected chi connectivity index (χ2v) is 6.77. The number of hydrogen-bond acceptors (Lipinski definition) is 4. The van der Waals surface area contributed by atoms with Crippen molar-refractivity contribution in [3.05, 3.63) is 52.1 Å². The third kappa shape index (κ3) is 3.56. The SMILES string of the molecule is Cc1ccc(Br)cc1CNc1ncccc1S(N)(=O)=O. The summed E-state index contributed by atoms with van der Waals surface area (Å²) in [5.41, 5.74) is 2.15. The molecule has 1 heterocycles. The average Bonchev–Trinajstić information content (AvgIpc) is 2.39. The maximum atomic E-state index is 11.5. The van der Waals surface area contributed by atoms with Crippen molar-refractivity contribution in [2.75, 3.05) is 5.32 Å². The highest BCUT2D eigenvalue weighted by Gasteiger charge is 2.14. The van der Waals surface area contributed by atoms with E-state index in [0.717, 1.165) is 15.6 Å². The molecule has 106 valence electrons. The number of nitrogens with zero attached hydrogens (tertiary/aromatic N) is 1. The van der Waals surface area contributed by atoms with Crippen LogP contribution >= 0.6 is 15.9 Å². The Bertz CT molecular complexity index is 732. The second kappa shape index (κ2) is 5.90. The third-order valence-electron chi connectivity index (χ3n) is 2.83. The smallest absolute Gasteiger partial charge is 0.241 e. The highest BCUT2D eigenvalue weighted by molar-refractivity contribution is 9.10. The van der Waals surface area contributed by atoms with E-state index in [9.17, 15) is 8.42 Å². The Kier molecular flexibility index (Phi) is 4.42. The molecule has 20 heavy (non-hydrogen) atoms. The largest absolute Gasteiger partial charge is 0.365 e. The number of hydrogen-bond donors (Lipinski definition) is 2. The molecule has 0 spiro atoms. The standard InChI is InChI=1S/C13H14BrN3O2S/c1-9-4-5-11(14)7-10(9)8-17-13-12(20(15,18)19)3-2-6-16-13/h2-7H,8H2,1H3,(H,16,17)(H2,15,18,19). The number of nitrogens with one attached hydrogen (secondary N) is 1. The highest BCUT2D eigenvalue weighted by Crippen LogP contribution is 2.20. The van der Waals surface area contributed by atoms with Gasteiger partial charge in [0.05, 0.1) is 0 Å². The molecule has 0 unspecified atom stereocenters. The molecular weight excluding hydrogens is 342 g/mol. The van der Waals surface area contributed by atoms with E-state index in [4.69, 9.17) is 5.14 Å². The van der Waals surface area contributed by atoms with Crippen LogP contribution in [0.4, 0.5) is 5.82 Å². The summed E-state index contributed by atoms with van der Waals surface area (Å²) in [6, 6.07) is 8.88. The van der Waals surface area contributed by atoms with E-state index in [1.165, 1.54) is 18.3 Å². The number of nitrogens with two attached hydrogens (primary N) is 1. The Balaban J connectivity index is 2.26. The summed E-state index contributed by atoms with van der Waals surface area (Å²) in [5, 5.41) is 8.18. The molecule has 3 N–H and O–H groups in total. The molecule has 1 aromatic carbocycles. The summed E-state index contributed by atoms with van der Waals surface area (Å²) >= 11 is 3.41. The lowest BCUT2D eigenvalue weighted by Crippen LogP contribution is -2.16. The lowest BCUT2D eigenvalue weighted by Gasteiger charge is -2.11. The number of aryl methyl sites for hydroxylation is 1. The first kappa shape index (κ1) is 15.0. The van der Waals surface area contributed by atoms with Gasteiger partial charge in [0.1, 0.15) is 10.7 Å². The van der Waals surface area contributed by atoms with E-state index < -0.39 is 10.0 Å². The van der Waals surface area contributed by atoms with Gasteiger partial charge in [0.2, 0.25) is 10.0 Å². The van der Waals surface area contributed by atoms with Crippen molar-refractivity contribution in [1.29, 1.82) is 0 Å². The number of anilines is 1. The predicted octanol–water partition coefficient (Wildman–Crippen LogP) is 2.41. The molecule has 5 nitrogen and oxygen atoms in total. The van der Waals surface area contributed by atoms with Gasteiger partial charge in [-0.1, -0.05) is 22.0 Å². The first-order chi connectivity index (χ1) is 9.38. The van der Waals surface area contributed by atoms with Crippen LogP contribution in [0, 0.1) is 6.92 Å². The van der Waals surface area contributed by atoms with Crippen LogP contribution in [0.3, 0.4) is 0 Å². The minimum atomic E-state index is -3.79. The van der Waals surface area contributed by atoms with Crippen LogP contribution in [-0.2, 0) is 16.6 Å². The number of aromatic nitrogens is 1. The molecule has 1 aromatic heterocycles. The zero-order valence-electron chi connectivity index (χ0n) is 10.8. The van der Waals surface area contributed by atoms with Gasteiger partial charge in [-0.3, -0.25) is 0 Å². The van der Waals surface area contributed by atoms with Gasteiger partial charge in [0, 0.05) is 17.2 Å². The molecular formula is C13H14BrN3O2S. The van der Waals surface area contributed by atoms with Crippen molar-refractivity contribution < 1.29 is 8.42 Å². The number of sulfonamides is 1. The molecule has 0 radical (unpaired) electrons. The van der Waals surface area contributed by atoms with E-state index in [2.05, 4.69) is 26.2 Å². The summed E-state index contributed by atoms with van der Waals surface area (Å²) in [5.74, 6) is 0.259. The molecule has 2 aromatic rings. The van der Waals surface area contributed by atoms with Gasteiger partial charge < -0.3 is 5.32 Å². The fourth-order valence-electron chi connectivity index (χ4n) is 1.76. The van der Waals surface area contributed by atoms with Crippen molar-refractivity contribution in [3.8, 4) is 0 Å². The highest BCUT2D eigenvalue weighted by atomic mass is 79.9. The van der Waals surface area contributed by atoms with Crippen LogP contribution in [-0.4, -0.2) is 13.4 Å². The van der Waals surface area contributed by atoms with Crippen molar-refractivity contribution in [1.82, 2.24) is 4.98 Å². The van der Waals surface area contributed by atoms with E-state index in [0.29, 0.717) is 6.54 Å². The van der Waals surface area contributed by atoms with Crippen LogP contribution in [0.2, 0.25) is 0 Å². The van der Waals surface area contributed by atoms with E-state index in [-0.39, 0.29) is 10.7 Å². The van der Waals surface area contributed by atoms with Gasteiger partial charge in [-0.15, -0.1) is 0 Å². The molecule has 0 aliphatic heterocycles. The zero-order valence-corrected chi connectivity index (χ0v) is 13.2. The Morgan fingerprint density at radius 3 is 2.80 bits per heavy atom. The fraction of sp³-hybridized carbons (Fsp3) is 0.154. The van der Waals surface area contributed by atoms with Crippen molar-refractivity contribution >= 4 is 31.8 Å². The Labute approximate surface area is 126 Å². The average molecular weight is 356 g/mol. The summed E-state index contributed by atoms with van der Waals surface area (Å²) in [6.07, 6.45) is 1.52. The van der Waals surface area contributed by atoms with E-state index in [1.54, 1.807) is 0 Å². The molecule has 0 saturated heterocycles. The molecule has 0 aliphatic carbocycles. The fourth-order valence-corrected chi connectivity index (χ4v) is 2.83. The number of benzene rings is 1. The van der Waals surface area contributed by atoms with E-state index in [1.807, 2.05) is 25.1 Å². The van der Waals surface area contributed by atoms with Crippen molar-refractivity contribution in [2.45, 2.75) is 18.4 Å². The Morgan fingerprint density at radius 1 is 1.35 bits per heavy atom. The van der Waals surface area contributed by atoms with Gasteiger partial charge in [-0.25, -0.2) is 18.5 Å². The number of halogens is 1. The van der Waals surface area contributed by atoms with Crippen LogP contribution in [0.25, 0.3) is 0 Å². The molecule has 0 fully saturated rings. The normalized spacial score (nSPS) is 11.3. The minimum Gasteiger partial charge on any atom is -0.365 e. The third-order valence-corrected chi connectivity index (χ3v) is 4.27. The first-order valence-electron chi connectivity index (χ1n) is 5.84. The minimum absolute atomic E-state index is 0.00681. The van der Waals surface area contributed by atoms with Crippen molar-refractivity contribution in [3.63, 3.8) is 0 Å². The molecule has 7 heteroatoms. The Hall–Kier alpha value is -1.44. The topological polar surface area (TPSA) is 85.1 Å². The summed E-state index contributed by atoms with van der Waals surface area (Å²) in [7, 11) is -3.79. The quantitative estimate of drug-likeness (QED) is 0.881. The molecule has 2 rings (SSSR count). The van der Waals surface area contributed by atoms with Gasteiger partial charge in [-0.05, 0) is 42.3 Å². The van der Waals surface area contributed by atoms with Crippen LogP contribution in [0.15, 0.2) is 45.9 Å². The van der Waals surface area contributed by atoms with Gasteiger partial charge in [0.15, 0.2) is 0 Å². The van der Waals surface area contributed by atoms with Gasteiger partial charge >= 0.3 is 0 Å². The maximum Gasteiger partial charge on any atom is 0.241 e. The van der Waals surface area contributed by atoms with Crippen LogP contribution in [0.1, 0.15) is 11.1 Å². The van der Waals surface area contributed by atoms with Crippen molar-refractivity contribution in [2.24, 2.45) is 5.14 Å². The molecule has 0 saturated carbocycles. The van der Waals surface area contributed by atoms with Gasteiger partial charge in [0.25, 0.3) is 0 Å². The molecule has 0 bridgehead atoms. The predicted molar refractivity (Wildman–Crippen MR) is 81.8 cm³/mol. The number of primary sulfonamides is 1. The number of pyridine rings is 1. The molecule has 0 atom stereocenters. The zero-order chi connectivity index (χ0) is 14.8. The Morgan fingerprint density at radius 2 is 2.10 bits per heavy atom. The van der Waals surface area contributed by atoms with Crippen LogP contribution in [0.5, 0.6) is 0 Å². The summed E-state index contributed by atoms with van der Waals surface area (Å²) < 4.78 is 23.9. The summed E-state index contributed by atoms with van der Waals surface area (Å²) in [4.78, 5) is 4.02. The number of rotatable bonds is 4. The monoisotopic (exact) mass is 355 g/mol. The lowest BCUT2D eigenvalue weighted by molar-refractivity contribution is 0.597. The second-order valence-electron chi connectivity index (χ2n) is 4.32. The van der Waals surface area contributed by atoms with Crippen LogP contribution < -0.4 is 10.5 Å². The lowest BCUT2D eigenvalue weighted by atomic mass is 10.1. The molecule has 0 amide bonds. The summed E-state index contributed by atoms with van der Waals surface area (Å²) in [6.45, 7) is 2.45. The van der Waals surface area contributed by atoms with Gasteiger partial charge in [-0.2, -0.15) is 0 Å².